The molecule has 9 heavy (non-hydrogen) atoms. The second-order valence-corrected chi connectivity index (χ2v) is 1.61. The average Bonchev–Trinajstić information content (AvgIpc) is 1.90. The van der Waals surface area contributed by atoms with E-state index in [0.717, 1.165) is 0 Å². The van der Waals surface area contributed by atoms with Crippen molar-refractivity contribution in [2.24, 2.45) is 0 Å². The van der Waals surface area contributed by atoms with Crippen LogP contribution in [0.25, 0.3) is 6.08 Å². The van der Waals surface area contributed by atoms with Crippen molar-refractivity contribution in [1.29, 1.82) is 0 Å². The molecular weight excluding hydrogens is 112 g/mol. The summed E-state index contributed by atoms with van der Waals surface area (Å²) in [6.45, 7) is 3.63. The first-order valence-corrected chi connectivity index (χ1v) is 2.61. The summed E-state index contributed by atoms with van der Waals surface area (Å²) >= 11 is 0. The van der Waals surface area contributed by atoms with Gasteiger partial charge in [0.05, 0.1) is 0 Å². The molecule has 1 aromatic rings. The van der Waals surface area contributed by atoms with E-state index in [0.29, 0.717) is 0 Å². The molecule has 0 unspecified atom stereocenters. The van der Waals surface area contributed by atoms with Crippen LogP contribution in [0, 0.1) is 0 Å². The van der Waals surface area contributed by atoms with Gasteiger partial charge in [-0.2, -0.15) is 0 Å². The summed E-state index contributed by atoms with van der Waals surface area (Å²) in [5.41, 5.74) is 1.17. The summed E-state index contributed by atoms with van der Waals surface area (Å²) in [4.78, 5) is 0. The van der Waals surface area contributed by atoms with E-state index in [1.807, 2.05) is 36.4 Å². The first kappa shape index (κ1) is 7.92. The Morgan fingerprint density at radius 3 is 2.00 bits per heavy atom. The minimum absolute atomic E-state index is 0. The Labute approximate surface area is 55.0 Å². The summed E-state index contributed by atoms with van der Waals surface area (Å²) in [5.74, 6) is 0. The molecule has 0 saturated heterocycles. The van der Waals surface area contributed by atoms with Crippen LogP contribution in [0.15, 0.2) is 36.9 Å². The molecule has 1 aromatic carbocycles. The van der Waals surface area contributed by atoms with E-state index in [1.54, 1.807) is 0 Å². The molecule has 48 valence electrons. The van der Waals surface area contributed by atoms with Crippen LogP contribution in [0.3, 0.4) is 0 Å². The maximum Gasteiger partial charge on any atom is -0.0263 e. The number of hydrogen-bond donors (Lipinski definition) is 0. The first-order valence-electron chi connectivity index (χ1n) is 2.61. The van der Waals surface area contributed by atoms with Crippen LogP contribution in [-0.4, -0.2) is 5.48 Å². The van der Waals surface area contributed by atoms with Crippen LogP contribution in [0.1, 0.15) is 5.56 Å². The van der Waals surface area contributed by atoms with E-state index >= 15 is 0 Å². The molecule has 0 radical (unpaired) electrons. The zero-order valence-electron chi connectivity index (χ0n) is 5.17. The van der Waals surface area contributed by atoms with Gasteiger partial charge in [0.1, 0.15) is 0 Å². The molecule has 0 atom stereocenters. The van der Waals surface area contributed by atoms with E-state index in [9.17, 15) is 0 Å². The zero-order chi connectivity index (χ0) is 5.82. The molecule has 0 aliphatic rings. The van der Waals surface area contributed by atoms with Crippen LogP contribution < -0.4 is 0 Å². The van der Waals surface area contributed by atoms with Gasteiger partial charge in [-0.25, -0.2) is 0 Å². The minimum Gasteiger partial charge on any atom is -0.412 e. The third kappa shape index (κ3) is 2.11. The van der Waals surface area contributed by atoms with Gasteiger partial charge in [-0.1, -0.05) is 43.0 Å². The van der Waals surface area contributed by atoms with Crippen molar-refractivity contribution in [2.45, 2.75) is 0 Å². The minimum atomic E-state index is 0. The Morgan fingerprint density at radius 2 is 1.67 bits per heavy atom. The topological polar surface area (TPSA) is 31.5 Å². The normalized spacial score (nSPS) is 7.56. The highest BCUT2D eigenvalue weighted by Gasteiger charge is 1.75. The molecule has 0 aliphatic carbocycles. The van der Waals surface area contributed by atoms with E-state index in [4.69, 9.17) is 0 Å². The van der Waals surface area contributed by atoms with Gasteiger partial charge in [-0.05, 0) is 5.56 Å². The maximum absolute atomic E-state index is 3.63. The van der Waals surface area contributed by atoms with E-state index in [2.05, 4.69) is 6.58 Å². The molecule has 0 fully saturated rings. The highest BCUT2D eigenvalue weighted by molar-refractivity contribution is 5.45. The molecule has 0 spiro atoms. The second kappa shape index (κ2) is 3.87. The molecule has 0 aromatic heterocycles. The Kier molecular flexibility index (Phi) is 3.40. The molecule has 1 heteroatoms. The van der Waals surface area contributed by atoms with Crippen LogP contribution in [-0.2, 0) is 0 Å². The van der Waals surface area contributed by atoms with Crippen molar-refractivity contribution < 1.29 is 5.48 Å². The smallest absolute Gasteiger partial charge is 0.0263 e. The predicted octanol–water partition coefficient (Wildman–Crippen LogP) is 1.50. The van der Waals surface area contributed by atoms with Crippen molar-refractivity contribution in [1.82, 2.24) is 0 Å². The summed E-state index contributed by atoms with van der Waals surface area (Å²) in [6, 6.07) is 10.0. The Balaban J connectivity index is 0.000000640. The summed E-state index contributed by atoms with van der Waals surface area (Å²) in [5, 5.41) is 0. The van der Waals surface area contributed by atoms with Gasteiger partial charge in [0.15, 0.2) is 0 Å². The highest BCUT2D eigenvalue weighted by Crippen LogP contribution is 1.97. The van der Waals surface area contributed by atoms with Gasteiger partial charge >= 0.3 is 0 Å². The summed E-state index contributed by atoms with van der Waals surface area (Å²) in [6.07, 6.45) is 1.83. The van der Waals surface area contributed by atoms with Crippen molar-refractivity contribution in [3.05, 3.63) is 42.5 Å². The fraction of sp³-hybridized carbons (Fsp3) is 0. The fourth-order valence-corrected chi connectivity index (χ4v) is 0.589. The lowest BCUT2D eigenvalue weighted by molar-refractivity contribution is 0.824. The maximum atomic E-state index is 3.63. The quantitative estimate of drug-likeness (QED) is 0.540. The molecular formula is C8H10O. The fourth-order valence-electron chi connectivity index (χ4n) is 0.589. The molecule has 0 saturated carbocycles. The molecule has 1 rings (SSSR count). The van der Waals surface area contributed by atoms with E-state index in [1.165, 1.54) is 5.56 Å². The standard InChI is InChI=1S/C8H8.H2O/c1-2-8-6-4-3-5-7-8;/h2-7H,1H2;1H2. The number of hydrogen-bond acceptors (Lipinski definition) is 0. The monoisotopic (exact) mass is 122 g/mol. The number of rotatable bonds is 1. The van der Waals surface area contributed by atoms with Crippen LogP contribution in [0.4, 0.5) is 0 Å². The largest absolute Gasteiger partial charge is 0.412 e. The van der Waals surface area contributed by atoms with Gasteiger partial charge in [0.25, 0.3) is 0 Å². The Bertz CT molecular complexity index is 167. The van der Waals surface area contributed by atoms with Gasteiger partial charge in [-0.15, -0.1) is 0 Å². The lowest BCUT2D eigenvalue weighted by Gasteiger charge is -1.85. The van der Waals surface area contributed by atoms with Crippen molar-refractivity contribution in [3.63, 3.8) is 0 Å². The van der Waals surface area contributed by atoms with Gasteiger partial charge in [0.2, 0.25) is 0 Å². The molecule has 0 bridgehead atoms. The van der Waals surface area contributed by atoms with Crippen LogP contribution in [0.2, 0.25) is 0 Å². The predicted molar refractivity (Wildman–Crippen MR) is 40.1 cm³/mol. The average molecular weight is 122 g/mol. The molecule has 0 heterocycles. The SMILES string of the molecule is C=Cc1ccccc1.O. The Hall–Kier alpha value is -1.08. The molecule has 2 N–H and O–H groups in total. The van der Waals surface area contributed by atoms with Gasteiger partial charge < -0.3 is 5.48 Å². The molecule has 0 aliphatic heterocycles. The van der Waals surface area contributed by atoms with Crippen molar-refractivity contribution >= 4 is 6.08 Å². The molecule has 1 nitrogen and oxygen atoms in total. The van der Waals surface area contributed by atoms with Gasteiger partial charge in [-0.3, -0.25) is 0 Å². The Morgan fingerprint density at radius 1 is 1.11 bits per heavy atom. The van der Waals surface area contributed by atoms with Crippen molar-refractivity contribution in [3.8, 4) is 0 Å². The first-order chi connectivity index (χ1) is 3.93. The number of benzene rings is 1. The highest BCUT2D eigenvalue weighted by atomic mass is 16.0. The zero-order valence-corrected chi connectivity index (χ0v) is 5.17. The van der Waals surface area contributed by atoms with E-state index < -0.39 is 0 Å². The summed E-state index contributed by atoms with van der Waals surface area (Å²) in [7, 11) is 0. The lowest BCUT2D eigenvalue weighted by Crippen LogP contribution is -1.63. The van der Waals surface area contributed by atoms with Crippen LogP contribution >= 0.6 is 0 Å². The lowest BCUT2D eigenvalue weighted by atomic mass is 10.2. The van der Waals surface area contributed by atoms with Crippen molar-refractivity contribution in [2.75, 3.05) is 0 Å². The van der Waals surface area contributed by atoms with Gasteiger partial charge in [0, 0.05) is 0 Å². The second-order valence-electron chi connectivity index (χ2n) is 1.61. The third-order valence-electron chi connectivity index (χ3n) is 1.04. The van der Waals surface area contributed by atoms with E-state index in [-0.39, 0.29) is 5.48 Å². The van der Waals surface area contributed by atoms with Crippen LogP contribution in [0.5, 0.6) is 0 Å². The summed E-state index contributed by atoms with van der Waals surface area (Å²) < 4.78 is 0. The third-order valence-corrected chi connectivity index (χ3v) is 1.04. The molecule has 0 amide bonds.